The van der Waals surface area contributed by atoms with E-state index in [1.807, 2.05) is 54.7 Å². The lowest BCUT2D eigenvalue weighted by Crippen LogP contribution is -2.41. The molecule has 0 saturated carbocycles. The fourth-order valence-electron chi connectivity index (χ4n) is 7.19. The van der Waals surface area contributed by atoms with Crippen LogP contribution in [0.15, 0.2) is 108 Å². The first-order valence-corrected chi connectivity index (χ1v) is 13.5. The van der Waals surface area contributed by atoms with Crippen LogP contribution in [0, 0.1) is 17.7 Å². The van der Waals surface area contributed by atoms with Crippen molar-refractivity contribution in [2.45, 2.75) is 18.4 Å². The predicted octanol–water partition coefficient (Wildman–Crippen LogP) is 6.05. The summed E-state index contributed by atoms with van der Waals surface area (Å²) in [4.78, 5) is 27.7. The van der Waals surface area contributed by atoms with E-state index in [-0.39, 0.29) is 29.5 Å². The average molecular weight is 526 g/mol. The van der Waals surface area contributed by atoms with Crippen LogP contribution in [0.2, 0.25) is 0 Å². The quantitative estimate of drug-likeness (QED) is 0.212. The van der Waals surface area contributed by atoms with E-state index in [0.717, 1.165) is 49.3 Å². The van der Waals surface area contributed by atoms with Gasteiger partial charge in [-0.15, -0.1) is 0 Å². The summed E-state index contributed by atoms with van der Waals surface area (Å²) in [6, 6.07) is 30.8. The van der Waals surface area contributed by atoms with Gasteiger partial charge in [-0.2, -0.15) is 10.1 Å². The van der Waals surface area contributed by atoms with E-state index >= 15 is 0 Å². The number of aromatic nitrogens is 1. The minimum Gasteiger partial charge on any atom is -0.342 e. The third-order valence-corrected chi connectivity index (χ3v) is 8.82. The van der Waals surface area contributed by atoms with Gasteiger partial charge in [-0.25, -0.2) is 4.39 Å². The lowest BCUT2D eigenvalue weighted by molar-refractivity contribution is -0.139. The first-order chi connectivity index (χ1) is 19.6. The molecule has 1 fully saturated rings. The molecule has 2 bridgehead atoms. The average Bonchev–Trinajstić information content (AvgIpc) is 3.47. The van der Waals surface area contributed by atoms with Crippen molar-refractivity contribution in [2.24, 2.45) is 16.9 Å². The summed E-state index contributed by atoms with van der Waals surface area (Å²) in [7, 11) is 0. The molecule has 2 atom stereocenters. The van der Waals surface area contributed by atoms with E-state index in [9.17, 15) is 14.0 Å². The molecule has 2 heterocycles. The maximum absolute atomic E-state index is 13.9. The van der Waals surface area contributed by atoms with Crippen molar-refractivity contribution in [1.82, 2.24) is 9.58 Å². The Balaban J connectivity index is 1.16. The third-order valence-electron chi connectivity index (χ3n) is 8.82. The number of nitrogens with zero attached hydrogens (tertiary/aromatic N) is 3. The highest BCUT2D eigenvalue weighted by Gasteiger charge is 2.61. The number of hydrogen-bond donors (Lipinski definition) is 0. The van der Waals surface area contributed by atoms with Gasteiger partial charge in [-0.1, -0.05) is 78.9 Å². The predicted molar refractivity (Wildman–Crippen MR) is 150 cm³/mol. The lowest BCUT2D eigenvalue weighted by atomic mass is 9.55. The molecule has 0 spiro atoms. The van der Waals surface area contributed by atoms with Gasteiger partial charge in [-0.05, 0) is 46.0 Å². The fourth-order valence-corrected chi connectivity index (χ4v) is 7.19. The number of fused-ring (bicyclic) bond motifs is 1. The van der Waals surface area contributed by atoms with Gasteiger partial charge in [-0.3, -0.25) is 9.59 Å². The maximum atomic E-state index is 13.9. The van der Waals surface area contributed by atoms with Crippen molar-refractivity contribution >= 4 is 28.9 Å². The molecule has 194 valence electrons. The molecule has 5 aromatic rings. The van der Waals surface area contributed by atoms with Crippen molar-refractivity contribution in [3.8, 4) is 0 Å². The minimum atomic E-state index is -0.459. The lowest BCUT2D eigenvalue weighted by Gasteiger charge is -2.45. The Bertz CT molecular complexity index is 1760. The SMILES string of the molecule is O=C1C2C3c4ccccc4C(c4ccccc43)C2C(=O)N1/N=C/c1cn(Cc2ccc(F)cc2)c2ccccc12. The summed E-state index contributed by atoms with van der Waals surface area (Å²) in [5.74, 6) is -1.97. The van der Waals surface area contributed by atoms with Crippen molar-refractivity contribution in [3.05, 3.63) is 142 Å². The first-order valence-electron chi connectivity index (χ1n) is 13.5. The van der Waals surface area contributed by atoms with Gasteiger partial charge in [0.2, 0.25) is 0 Å². The molecular weight excluding hydrogens is 501 g/mol. The third kappa shape index (κ3) is 3.22. The van der Waals surface area contributed by atoms with Crippen molar-refractivity contribution in [1.29, 1.82) is 0 Å². The van der Waals surface area contributed by atoms with Crippen molar-refractivity contribution in [3.63, 3.8) is 0 Å². The molecule has 4 aliphatic rings. The molecule has 2 amide bonds. The van der Waals surface area contributed by atoms with Crippen molar-refractivity contribution in [2.75, 3.05) is 0 Å². The molecule has 2 unspecified atom stereocenters. The molecule has 1 saturated heterocycles. The van der Waals surface area contributed by atoms with Crippen LogP contribution in [0.4, 0.5) is 4.39 Å². The Morgan fingerprint density at radius 1 is 0.700 bits per heavy atom. The number of hydrogen-bond acceptors (Lipinski definition) is 3. The topological polar surface area (TPSA) is 54.7 Å². The Hall–Kier alpha value is -4.84. The first kappa shape index (κ1) is 23.1. The van der Waals surface area contributed by atoms with E-state index in [0.29, 0.717) is 6.54 Å². The van der Waals surface area contributed by atoms with E-state index in [4.69, 9.17) is 0 Å². The highest BCUT2D eigenvalue weighted by atomic mass is 19.1. The largest absolute Gasteiger partial charge is 0.342 e. The second-order valence-electron chi connectivity index (χ2n) is 10.9. The van der Waals surface area contributed by atoms with Gasteiger partial charge in [0, 0.05) is 41.0 Å². The number of carbonyl (C=O) groups excluding carboxylic acids is 2. The summed E-state index contributed by atoms with van der Waals surface area (Å²) in [5, 5.41) is 6.60. The van der Waals surface area contributed by atoms with Gasteiger partial charge < -0.3 is 4.57 Å². The Kier molecular flexibility index (Phi) is 4.95. The molecule has 5 nitrogen and oxygen atoms in total. The van der Waals surface area contributed by atoms with Gasteiger partial charge in [0.15, 0.2) is 0 Å². The number of hydrazone groups is 1. The smallest absolute Gasteiger partial charge is 0.254 e. The van der Waals surface area contributed by atoms with Crippen LogP contribution in [0.5, 0.6) is 0 Å². The zero-order chi connectivity index (χ0) is 27.0. The minimum absolute atomic E-state index is 0.156. The van der Waals surface area contributed by atoms with Gasteiger partial charge in [0.1, 0.15) is 5.82 Å². The van der Waals surface area contributed by atoms with Gasteiger partial charge in [0.25, 0.3) is 11.8 Å². The standard InChI is InChI=1S/C34H24FN3O2/c35-22-15-13-20(14-16-22)18-37-19-21(23-7-5-6-12-28(23)37)17-36-38-33(39)31-29-24-8-1-2-9-25(24)30(32(31)34(38)40)27-11-4-3-10-26(27)29/h1-17,19,29-32H,18H2/b36-17+. The molecule has 1 aliphatic heterocycles. The molecule has 0 N–H and O–H groups in total. The Morgan fingerprint density at radius 3 is 1.80 bits per heavy atom. The number of benzene rings is 4. The molecule has 6 heteroatoms. The summed E-state index contributed by atoms with van der Waals surface area (Å²) >= 11 is 0. The van der Waals surface area contributed by atoms with E-state index in [1.54, 1.807) is 18.3 Å². The second-order valence-corrected chi connectivity index (χ2v) is 10.9. The summed E-state index contributed by atoms with van der Waals surface area (Å²) in [6.45, 7) is 0.556. The van der Waals surface area contributed by atoms with Crippen LogP contribution < -0.4 is 0 Å². The molecule has 40 heavy (non-hydrogen) atoms. The zero-order valence-electron chi connectivity index (χ0n) is 21.4. The van der Waals surface area contributed by atoms with E-state index in [1.165, 1.54) is 12.1 Å². The van der Waals surface area contributed by atoms with Crippen LogP contribution in [0.1, 0.15) is 45.2 Å². The van der Waals surface area contributed by atoms with Crippen LogP contribution >= 0.6 is 0 Å². The highest BCUT2D eigenvalue weighted by molar-refractivity contribution is 6.09. The number of halogens is 1. The number of rotatable bonds is 4. The highest BCUT2D eigenvalue weighted by Crippen LogP contribution is 2.60. The molecular formula is C34H24FN3O2. The maximum Gasteiger partial charge on any atom is 0.254 e. The summed E-state index contributed by atoms with van der Waals surface area (Å²) < 4.78 is 15.5. The molecule has 0 radical (unpaired) electrons. The molecule has 1 aromatic heterocycles. The summed E-state index contributed by atoms with van der Waals surface area (Å²) in [5.41, 5.74) is 7.33. The van der Waals surface area contributed by atoms with Gasteiger partial charge in [0.05, 0.1) is 18.1 Å². The zero-order valence-corrected chi connectivity index (χ0v) is 21.4. The fraction of sp³-hybridized carbons (Fsp3) is 0.147. The molecule has 9 rings (SSSR count). The number of amides is 2. The van der Waals surface area contributed by atoms with Crippen molar-refractivity contribution < 1.29 is 14.0 Å². The Labute approximate surface area is 230 Å². The van der Waals surface area contributed by atoms with Crippen LogP contribution in [0.3, 0.4) is 0 Å². The normalized spacial score (nSPS) is 22.7. The molecule has 4 aromatic carbocycles. The van der Waals surface area contributed by atoms with Gasteiger partial charge >= 0.3 is 0 Å². The van der Waals surface area contributed by atoms with E-state index in [2.05, 4.69) is 33.9 Å². The monoisotopic (exact) mass is 525 g/mol. The van der Waals surface area contributed by atoms with E-state index < -0.39 is 11.8 Å². The van der Waals surface area contributed by atoms with Crippen LogP contribution in [-0.2, 0) is 16.1 Å². The number of para-hydroxylation sites is 1. The molecule has 3 aliphatic carbocycles. The Morgan fingerprint density at radius 2 is 1.23 bits per heavy atom. The van der Waals surface area contributed by atoms with Crippen LogP contribution in [-0.4, -0.2) is 27.6 Å². The summed E-state index contributed by atoms with van der Waals surface area (Å²) in [6.07, 6.45) is 3.59. The second kappa shape index (κ2) is 8.58. The number of carbonyl (C=O) groups is 2. The van der Waals surface area contributed by atoms with Crippen LogP contribution in [0.25, 0.3) is 10.9 Å². The number of imide groups is 1.